The smallest absolute Gasteiger partial charge is 0.257 e. The summed E-state index contributed by atoms with van der Waals surface area (Å²) in [5, 5.41) is 4.85. The SMILES string of the molecule is CN1CCC(Oc2cc(N3CCN(C)CC3)n3nc(CCc4ccccc4)nc3n2)CC1. The van der Waals surface area contributed by atoms with Crippen molar-refractivity contribution in [2.75, 3.05) is 58.3 Å². The fourth-order valence-electron chi connectivity index (χ4n) is 4.48. The predicted octanol–water partition coefficient (Wildman–Crippen LogP) is 2.13. The van der Waals surface area contributed by atoms with Gasteiger partial charge in [0.05, 0.1) is 0 Å². The Morgan fingerprint density at radius 2 is 1.59 bits per heavy atom. The van der Waals surface area contributed by atoms with Crippen LogP contribution in [0.15, 0.2) is 36.4 Å². The van der Waals surface area contributed by atoms with E-state index in [9.17, 15) is 0 Å². The molecule has 0 N–H and O–H groups in total. The number of anilines is 1. The molecule has 0 aliphatic carbocycles. The third-order valence-electron chi connectivity index (χ3n) is 6.57. The molecule has 8 heteroatoms. The normalized spacial score (nSPS) is 19.0. The van der Waals surface area contributed by atoms with Crippen molar-refractivity contribution < 1.29 is 4.74 Å². The number of aryl methyl sites for hydroxylation is 2. The molecule has 2 saturated heterocycles. The van der Waals surface area contributed by atoms with Crippen LogP contribution in [0.3, 0.4) is 0 Å². The minimum atomic E-state index is 0.210. The van der Waals surface area contributed by atoms with Crippen LogP contribution in [0.25, 0.3) is 5.78 Å². The molecule has 170 valence electrons. The van der Waals surface area contributed by atoms with Crippen molar-refractivity contribution in [1.29, 1.82) is 0 Å². The Morgan fingerprint density at radius 3 is 2.34 bits per heavy atom. The van der Waals surface area contributed by atoms with Crippen LogP contribution in [0.4, 0.5) is 5.82 Å². The highest BCUT2D eigenvalue weighted by atomic mass is 16.5. The van der Waals surface area contributed by atoms with Crippen LogP contribution in [0.5, 0.6) is 5.88 Å². The van der Waals surface area contributed by atoms with E-state index in [1.54, 1.807) is 0 Å². The number of likely N-dealkylation sites (tertiary alicyclic amines) is 1. The van der Waals surface area contributed by atoms with Gasteiger partial charge in [0.15, 0.2) is 5.82 Å². The first-order valence-corrected chi connectivity index (χ1v) is 11.7. The maximum absolute atomic E-state index is 6.35. The van der Waals surface area contributed by atoms with Gasteiger partial charge in [-0.25, -0.2) is 0 Å². The summed E-state index contributed by atoms with van der Waals surface area (Å²) in [6.45, 7) is 6.11. The van der Waals surface area contributed by atoms with Crippen LogP contribution in [0.1, 0.15) is 24.2 Å². The summed E-state index contributed by atoms with van der Waals surface area (Å²) in [5.41, 5.74) is 1.30. The van der Waals surface area contributed by atoms with Crippen molar-refractivity contribution in [3.63, 3.8) is 0 Å². The monoisotopic (exact) mass is 435 g/mol. The van der Waals surface area contributed by atoms with Crippen LogP contribution in [-0.2, 0) is 12.8 Å². The average molecular weight is 436 g/mol. The quantitative estimate of drug-likeness (QED) is 0.588. The minimum Gasteiger partial charge on any atom is -0.474 e. The average Bonchev–Trinajstić information content (AvgIpc) is 3.23. The second-order valence-corrected chi connectivity index (χ2v) is 9.09. The highest BCUT2D eigenvalue weighted by Gasteiger charge is 2.23. The van der Waals surface area contributed by atoms with Gasteiger partial charge in [0, 0.05) is 51.8 Å². The first-order valence-electron chi connectivity index (χ1n) is 11.7. The molecule has 8 nitrogen and oxygen atoms in total. The third-order valence-corrected chi connectivity index (χ3v) is 6.57. The first-order chi connectivity index (χ1) is 15.6. The summed E-state index contributed by atoms with van der Waals surface area (Å²) in [7, 11) is 4.34. The Balaban J connectivity index is 1.41. The Morgan fingerprint density at radius 1 is 0.875 bits per heavy atom. The van der Waals surface area contributed by atoms with Gasteiger partial charge in [-0.2, -0.15) is 14.5 Å². The molecule has 2 aliphatic heterocycles. The standard InChI is InChI=1S/C24H33N7O/c1-28-12-10-20(11-13-28)32-22-18-23(30-16-14-29(2)15-17-30)31-24(26-22)25-21(27-31)9-8-19-6-4-3-5-7-19/h3-7,18,20H,8-17H2,1-2H3. The molecule has 0 spiro atoms. The Bertz CT molecular complexity index is 1020. The van der Waals surface area contributed by atoms with Gasteiger partial charge in [0.1, 0.15) is 11.9 Å². The summed E-state index contributed by atoms with van der Waals surface area (Å²) in [4.78, 5) is 16.6. The summed E-state index contributed by atoms with van der Waals surface area (Å²) in [6, 6.07) is 12.6. The lowest BCUT2D eigenvalue weighted by molar-refractivity contribution is 0.110. The summed E-state index contributed by atoms with van der Waals surface area (Å²) in [6.07, 6.45) is 3.98. The number of likely N-dealkylation sites (N-methyl/N-ethyl adjacent to an activating group) is 1. The first kappa shape index (κ1) is 21.2. The number of fused-ring (bicyclic) bond motifs is 1. The van der Waals surface area contributed by atoms with E-state index in [-0.39, 0.29) is 6.10 Å². The summed E-state index contributed by atoms with van der Waals surface area (Å²) >= 11 is 0. The number of nitrogens with zero attached hydrogens (tertiary/aromatic N) is 7. The van der Waals surface area contributed by atoms with Crippen LogP contribution < -0.4 is 9.64 Å². The lowest BCUT2D eigenvalue weighted by Gasteiger charge is -2.34. The van der Waals surface area contributed by atoms with E-state index in [1.165, 1.54) is 5.56 Å². The zero-order valence-corrected chi connectivity index (χ0v) is 19.2. The third kappa shape index (κ3) is 4.86. The topological polar surface area (TPSA) is 62.0 Å². The van der Waals surface area contributed by atoms with Crippen LogP contribution in [0, 0.1) is 0 Å². The van der Waals surface area contributed by atoms with Gasteiger partial charge in [0.2, 0.25) is 5.88 Å². The molecule has 1 aromatic carbocycles. The number of ether oxygens (including phenoxy) is 1. The van der Waals surface area contributed by atoms with Gasteiger partial charge in [-0.15, -0.1) is 5.10 Å². The Hall–Kier alpha value is -2.71. The molecular formula is C24H33N7O. The summed E-state index contributed by atoms with van der Waals surface area (Å²) < 4.78 is 8.26. The van der Waals surface area contributed by atoms with Crippen LogP contribution in [-0.4, -0.2) is 88.8 Å². The molecule has 5 rings (SSSR count). The molecule has 32 heavy (non-hydrogen) atoms. The van der Waals surface area contributed by atoms with E-state index in [2.05, 4.69) is 59.1 Å². The zero-order chi connectivity index (χ0) is 21.9. The number of hydrogen-bond donors (Lipinski definition) is 0. The van der Waals surface area contributed by atoms with Gasteiger partial charge in [-0.1, -0.05) is 30.3 Å². The number of rotatable bonds is 6. The second-order valence-electron chi connectivity index (χ2n) is 9.09. The van der Waals surface area contributed by atoms with Crippen molar-refractivity contribution in [3.05, 3.63) is 47.8 Å². The molecule has 2 aromatic heterocycles. The van der Waals surface area contributed by atoms with Crippen molar-refractivity contribution in [2.45, 2.75) is 31.8 Å². The van der Waals surface area contributed by atoms with E-state index >= 15 is 0 Å². The molecule has 0 bridgehead atoms. The molecule has 0 radical (unpaired) electrons. The maximum Gasteiger partial charge on any atom is 0.257 e. The van der Waals surface area contributed by atoms with E-state index < -0.39 is 0 Å². The minimum absolute atomic E-state index is 0.210. The molecule has 3 aromatic rings. The molecule has 4 heterocycles. The van der Waals surface area contributed by atoms with Crippen molar-refractivity contribution >= 4 is 11.6 Å². The molecule has 2 fully saturated rings. The van der Waals surface area contributed by atoms with Crippen LogP contribution in [0.2, 0.25) is 0 Å². The van der Waals surface area contributed by atoms with Crippen molar-refractivity contribution in [2.24, 2.45) is 0 Å². The molecule has 0 unspecified atom stereocenters. The number of piperidine rings is 1. The zero-order valence-electron chi connectivity index (χ0n) is 19.2. The molecular weight excluding hydrogens is 402 g/mol. The maximum atomic E-state index is 6.35. The fraction of sp³-hybridized carbons (Fsp3) is 0.542. The van der Waals surface area contributed by atoms with Crippen molar-refractivity contribution in [1.82, 2.24) is 29.4 Å². The Labute approximate surface area is 189 Å². The lowest BCUT2D eigenvalue weighted by Crippen LogP contribution is -2.45. The van der Waals surface area contributed by atoms with Gasteiger partial charge in [0.25, 0.3) is 5.78 Å². The second kappa shape index (κ2) is 9.42. The number of hydrogen-bond acceptors (Lipinski definition) is 7. The number of piperazine rings is 1. The van der Waals surface area contributed by atoms with E-state index in [4.69, 9.17) is 19.8 Å². The van der Waals surface area contributed by atoms with Gasteiger partial charge >= 0.3 is 0 Å². The summed E-state index contributed by atoms with van der Waals surface area (Å²) in [5.74, 6) is 3.16. The van der Waals surface area contributed by atoms with Gasteiger partial charge in [-0.3, -0.25) is 0 Å². The van der Waals surface area contributed by atoms with Gasteiger partial charge < -0.3 is 19.4 Å². The van der Waals surface area contributed by atoms with E-state index in [1.807, 2.05) is 10.6 Å². The fourth-order valence-corrected chi connectivity index (χ4v) is 4.48. The molecule has 2 aliphatic rings. The lowest BCUT2D eigenvalue weighted by atomic mass is 10.1. The molecule has 0 saturated carbocycles. The highest BCUT2D eigenvalue weighted by molar-refractivity contribution is 5.50. The number of benzene rings is 1. The van der Waals surface area contributed by atoms with E-state index in [0.717, 1.165) is 76.6 Å². The van der Waals surface area contributed by atoms with Gasteiger partial charge in [-0.05, 0) is 38.9 Å². The van der Waals surface area contributed by atoms with Crippen LogP contribution >= 0.6 is 0 Å². The molecule has 0 amide bonds. The largest absolute Gasteiger partial charge is 0.474 e. The number of aromatic nitrogens is 4. The predicted molar refractivity (Wildman–Crippen MR) is 125 cm³/mol. The van der Waals surface area contributed by atoms with E-state index in [0.29, 0.717) is 11.7 Å². The highest BCUT2D eigenvalue weighted by Crippen LogP contribution is 2.25. The van der Waals surface area contributed by atoms with Crippen molar-refractivity contribution in [3.8, 4) is 5.88 Å². The Kier molecular flexibility index (Phi) is 6.23. The molecule has 0 atom stereocenters.